The summed E-state index contributed by atoms with van der Waals surface area (Å²) in [6, 6.07) is 2.49. The molecule has 2 bridgehead atoms. The van der Waals surface area contributed by atoms with Crippen molar-refractivity contribution < 1.29 is 18.7 Å². The molecule has 25 heavy (non-hydrogen) atoms. The number of hydrogen-bond acceptors (Lipinski definition) is 3. The molecule has 0 heterocycles. The third kappa shape index (κ3) is 4.66. The van der Waals surface area contributed by atoms with E-state index in [0.29, 0.717) is 18.3 Å². The van der Waals surface area contributed by atoms with Crippen LogP contribution in [0.25, 0.3) is 0 Å². The molecule has 2 aliphatic rings. The van der Waals surface area contributed by atoms with Gasteiger partial charge in [-0.3, -0.25) is 0 Å². The van der Waals surface area contributed by atoms with Gasteiger partial charge in [-0.1, -0.05) is 24.4 Å². The summed E-state index contributed by atoms with van der Waals surface area (Å²) in [4.78, 5) is 12.1. The van der Waals surface area contributed by atoms with Crippen LogP contribution in [-0.2, 0) is 4.74 Å². The fraction of sp³-hybridized carbons (Fsp3) is 0.650. The quantitative estimate of drug-likeness (QED) is 0.645. The molecule has 3 atom stereocenters. The van der Waals surface area contributed by atoms with E-state index in [9.17, 15) is 9.18 Å². The molecule has 3 rings (SSSR count). The Bertz CT molecular complexity index is 641. The van der Waals surface area contributed by atoms with Crippen LogP contribution in [0.1, 0.15) is 63.2 Å². The van der Waals surface area contributed by atoms with Crippen molar-refractivity contribution in [3.8, 4) is 5.75 Å². The number of hydrogen-bond donors (Lipinski definition) is 0. The minimum absolute atomic E-state index is 0.164. The van der Waals surface area contributed by atoms with E-state index >= 15 is 0 Å². The van der Waals surface area contributed by atoms with E-state index in [1.807, 2.05) is 0 Å². The number of fused-ring (bicyclic) bond motifs is 2. The molecule has 138 valence electrons. The van der Waals surface area contributed by atoms with E-state index in [0.717, 1.165) is 11.8 Å². The first kappa shape index (κ1) is 18.5. The Morgan fingerprint density at radius 2 is 1.84 bits per heavy atom. The number of ether oxygens (including phenoxy) is 2. The van der Waals surface area contributed by atoms with Crippen LogP contribution in [0.3, 0.4) is 0 Å². The molecule has 5 heteroatoms. The molecule has 0 aliphatic heterocycles. The highest BCUT2D eigenvalue weighted by Gasteiger charge is 2.34. The van der Waals surface area contributed by atoms with Gasteiger partial charge >= 0.3 is 5.97 Å². The standard InChI is InChI=1S/C20H26ClFO3/c1-20(2,3)25-19(23)15-9-16(21)18(10-17(15)22)24-11-14-7-12-4-5-13(6-12)8-14/h9-10,12-14H,4-8,11H2,1-3H3/t12-,13+,14+. The first-order chi connectivity index (χ1) is 11.7. The number of esters is 1. The van der Waals surface area contributed by atoms with Crippen molar-refractivity contribution >= 4 is 17.6 Å². The summed E-state index contributed by atoms with van der Waals surface area (Å²) in [5, 5.41) is 0.237. The first-order valence-corrected chi connectivity index (χ1v) is 9.44. The molecule has 0 spiro atoms. The van der Waals surface area contributed by atoms with Crippen LogP contribution < -0.4 is 4.74 Å². The average molecular weight is 369 g/mol. The van der Waals surface area contributed by atoms with Gasteiger partial charge in [-0.2, -0.15) is 0 Å². The van der Waals surface area contributed by atoms with E-state index in [1.165, 1.54) is 44.2 Å². The zero-order valence-corrected chi connectivity index (χ0v) is 15.9. The molecule has 0 amide bonds. The maximum atomic E-state index is 14.3. The predicted molar refractivity (Wildman–Crippen MR) is 95.6 cm³/mol. The maximum Gasteiger partial charge on any atom is 0.341 e. The van der Waals surface area contributed by atoms with Gasteiger partial charge in [0.25, 0.3) is 0 Å². The minimum Gasteiger partial charge on any atom is -0.492 e. The molecule has 0 unspecified atom stereocenters. The zero-order chi connectivity index (χ0) is 18.2. The summed E-state index contributed by atoms with van der Waals surface area (Å²) in [6.07, 6.45) is 6.40. The number of rotatable bonds is 4. The summed E-state index contributed by atoms with van der Waals surface area (Å²) in [7, 11) is 0. The van der Waals surface area contributed by atoms with E-state index < -0.39 is 17.4 Å². The van der Waals surface area contributed by atoms with Crippen LogP contribution in [0.2, 0.25) is 5.02 Å². The largest absolute Gasteiger partial charge is 0.492 e. The van der Waals surface area contributed by atoms with Crippen LogP contribution in [0, 0.1) is 23.6 Å². The van der Waals surface area contributed by atoms with E-state index in [2.05, 4.69) is 0 Å². The Morgan fingerprint density at radius 3 is 2.44 bits per heavy atom. The molecule has 1 aromatic rings. The number of benzene rings is 1. The molecule has 0 aromatic heterocycles. The lowest BCUT2D eigenvalue weighted by molar-refractivity contribution is 0.00646. The Hall–Kier alpha value is -1.29. The summed E-state index contributed by atoms with van der Waals surface area (Å²) in [5.41, 5.74) is -0.853. The van der Waals surface area contributed by atoms with Crippen molar-refractivity contribution in [3.05, 3.63) is 28.5 Å². The van der Waals surface area contributed by atoms with Gasteiger partial charge in [0.05, 0.1) is 17.2 Å². The summed E-state index contributed by atoms with van der Waals surface area (Å²) in [5.74, 6) is 1.07. The maximum absolute atomic E-state index is 14.3. The normalized spacial score (nSPS) is 25.7. The Morgan fingerprint density at radius 1 is 1.20 bits per heavy atom. The number of carbonyl (C=O) groups is 1. The summed E-state index contributed by atoms with van der Waals surface area (Å²) in [6.45, 7) is 5.76. The summed E-state index contributed by atoms with van der Waals surface area (Å²) >= 11 is 6.20. The van der Waals surface area contributed by atoms with Gasteiger partial charge in [0.2, 0.25) is 0 Å². The minimum atomic E-state index is -0.720. The fourth-order valence-corrected chi connectivity index (χ4v) is 4.34. The van der Waals surface area contributed by atoms with Crippen molar-refractivity contribution in [3.63, 3.8) is 0 Å². The van der Waals surface area contributed by atoms with Gasteiger partial charge in [0.15, 0.2) is 0 Å². The highest BCUT2D eigenvalue weighted by molar-refractivity contribution is 6.32. The van der Waals surface area contributed by atoms with Gasteiger partial charge in [0, 0.05) is 6.07 Å². The lowest BCUT2D eigenvalue weighted by Gasteiger charge is -2.27. The Kier molecular flexibility index (Phi) is 5.29. The predicted octanol–water partition coefficient (Wildman–Crippen LogP) is 5.64. The van der Waals surface area contributed by atoms with E-state index in [1.54, 1.807) is 20.8 Å². The monoisotopic (exact) mass is 368 g/mol. The van der Waals surface area contributed by atoms with E-state index in [4.69, 9.17) is 21.1 Å². The first-order valence-electron chi connectivity index (χ1n) is 9.06. The van der Waals surface area contributed by atoms with Crippen molar-refractivity contribution in [1.82, 2.24) is 0 Å². The molecule has 0 N–H and O–H groups in total. The molecule has 0 saturated heterocycles. The molecule has 0 radical (unpaired) electrons. The molecular weight excluding hydrogens is 343 g/mol. The van der Waals surface area contributed by atoms with E-state index in [-0.39, 0.29) is 10.6 Å². The second-order valence-electron chi connectivity index (χ2n) is 8.46. The zero-order valence-electron chi connectivity index (χ0n) is 15.1. The molecule has 2 fully saturated rings. The van der Waals surface area contributed by atoms with Crippen LogP contribution in [-0.4, -0.2) is 18.2 Å². The fourth-order valence-electron chi connectivity index (χ4n) is 4.12. The lowest BCUT2D eigenvalue weighted by atomic mass is 9.81. The van der Waals surface area contributed by atoms with Crippen molar-refractivity contribution in [1.29, 1.82) is 0 Å². The van der Waals surface area contributed by atoms with Gasteiger partial charge in [-0.25, -0.2) is 9.18 Å². The van der Waals surface area contributed by atoms with Crippen molar-refractivity contribution in [2.75, 3.05) is 6.61 Å². The molecule has 2 aliphatic carbocycles. The second kappa shape index (κ2) is 7.14. The SMILES string of the molecule is CC(C)(C)OC(=O)c1cc(Cl)c(OC[C@H]2C[C@@H]3CC[C@@H](C3)C2)cc1F. The van der Waals surface area contributed by atoms with Crippen LogP contribution in [0.15, 0.2) is 12.1 Å². The van der Waals surface area contributed by atoms with Crippen molar-refractivity contribution in [2.24, 2.45) is 17.8 Å². The smallest absolute Gasteiger partial charge is 0.341 e. The van der Waals surface area contributed by atoms with Crippen molar-refractivity contribution in [2.45, 2.75) is 58.5 Å². The second-order valence-corrected chi connectivity index (χ2v) is 8.87. The van der Waals surface area contributed by atoms with Gasteiger partial charge in [0.1, 0.15) is 17.2 Å². The Labute approximate surface area is 153 Å². The highest BCUT2D eigenvalue weighted by Crippen LogP contribution is 2.44. The number of halogens is 2. The molecular formula is C20H26ClFO3. The molecule has 2 saturated carbocycles. The highest BCUT2D eigenvalue weighted by atomic mass is 35.5. The average Bonchev–Trinajstić information content (AvgIpc) is 2.84. The third-order valence-electron chi connectivity index (χ3n) is 5.10. The Balaban J connectivity index is 1.64. The summed E-state index contributed by atoms with van der Waals surface area (Å²) < 4.78 is 25.3. The number of carbonyl (C=O) groups excluding carboxylic acids is 1. The van der Waals surface area contributed by atoms with Gasteiger partial charge in [-0.05, 0) is 63.9 Å². The topological polar surface area (TPSA) is 35.5 Å². The van der Waals surface area contributed by atoms with Gasteiger partial charge < -0.3 is 9.47 Å². The molecule has 3 nitrogen and oxygen atoms in total. The molecule has 1 aromatic carbocycles. The third-order valence-corrected chi connectivity index (χ3v) is 5.39. The lowest BCUT2D eigenvalue weighted by Crippen LogP contribution is -2.24. The van der Waals surface area contributed by atoms with Crippen LogP contribution in [0.5, 0.6) is 5.75 Å². The van der Waals surface area contributed by atoms with Crippen LogP contribution in [0.4, 0.5) is 4.39 Å². The van der Waals surface area contributed by atoms with Gasteiger partial charge in [-0.15, -0.1) is 0 Å². The van der Waals surface area contributed by atoms with Crippen LogP contribution >= 0.6 is 11.6 Å².